The molecule has 2 aliphatic rings. The van der Waals surface area contributed by atoms with Crippen molar-refractivity contribution in [2.45, 2.75) is 228 Å². The van der Waals surface area contributed by atoms with E-state index in [0.29, 0.717) is 6.42 Å². The van der Waals surface area contributed by atoms with E-state index >= 15 is 9.59 Å². The molecule has 2 heterocycles. The van der Waals surface area contributed by atoms with E-state index in [2.05, 4.69) is 21.3 Å². The Hall–Kier alpha value is -5.91. The van der Waals surface area contributed by atoms with E-state index in [1.807, 2.05) is 62.3 Å². The van der Waals surface area contributed by atoms with Gasteiger partial charge in [0.05, 0.1) is 12.2 Å². The molecule has 0 spiro atoms. The van der Waals surface area contributed by atoms with E-state index in [1.165, 1.54) is 106 Å². The van der Waals surface area contributed by atoms with Crippen LogP contribution in [0.5, 0.6) is 0 Å². The zero-order valence-corrected chi connectivity index (χ0v) is 55.8. The number of amides is 11. The van der Waals surface area contributed by atoms with Gasteiger partial charge < -0.3 is 65.4 Å². The van der Waals surface area contributed by atoms with Gasteiger partial charge in [-0.1, -0.05) is 90.0 Å². The molecule has 2 saturated heterocycles. The van der Waals surface area contributed by atoms with Crippen molar-refractivity contribution in [1.82, 2.24) is 55.6 Å². The second kappa shape index (κ2) is 32.7. The summed E-state index contributed by atoms with van der Waals surface area (Å²) in [5.41, 5.74) is 0. The van der Waals surface area contributed by atoms with Crippen LogP contribution in [0.2, 0.25) is 0 Å². The third kappa shape index (κ3) is 19.5. The summed E-state index contributed by atoms with van der Waals surface area (Å²) in [6, 6.07) is -13.9. The summed E-state index contributed by atoms with van der Waals surface area (Å²) in [6.45, 7) is 29.5. The number of ether oxygens (including phenoxy) is 1. The first kappa shape index (κ1) is 75.2. The minimum absolute atomic E-state index is 0.127. The minimum atomic E-state index is -1.67. The standard InChI is InChI=1S/C61H109N11O13/c1-31(2)27-42-52(75)62-38(14)51(74)63-39(15)55(78)69(21)44(29-33(5)6)57(80)70(22)45(30-34(7)8)58(81)71(23)48(36(11)12)61(84)72(24)49(50-37(13)25-26-85-50)54(77)65-47(41(17)73)60(83)66(18)40(16)56(79)67(19)43(28-32(3)4)53(76)64-46(35(9)10)59(82)68(42)20/h31-50,73H,25-30H2,1-24H3,(H,62,75)(H,63,74)(H,64,76)(H,65,77)/t37-,38+,39-,40-,41-,42+,43+,44+,45+,46+,47+,48+,49+,50-/m1/s1. The van der Waals surface area contributed by atoms with Crippen LogP contribution in [0.4, 0.5) is 0 Å². The smallest absolute Gasteiger partial charge is 0.248 e. The lowest BCUT2D eigenvalue weighted by molar-refractivity contribution is -0.157. The summed E-state index contributed by atoms with van der Waals surface area (Å²) < 4.78 is 6.14. The highest BCUT2D eigenvalue weighted by Crippen LogP contribution is 2.29. The maximum Gasteiger partial charge on any atom is 0.248 e. The molecule has 0 saturated carbocycles. The molecule has 0 bridgehead atoms. The van der Waals surface area contributed by atoms with Crippen LogP contribution in [0.25, 0.3) is 0 Å². The highest BCUT2D eigenvalue weighted by molar-refractivity contribution is 6.00. The average Bonchev–Trinajstić information content (AvgIpc) is 3.23. The Balaban J connectivity index is 2.98. The number of nitrogens with one attached hydrogen (secondary N) is 4. The second-order valence-corrected chi connectivity index (χ2v) is 26.6. The van der Waals surface area contributed by atoms with Crippen LogP contribution in [-0.2, 0) is 57.5 Å². The summed E-state index contributed by atoms with van der Waals surface area (Å²) in [4.78, 5) is 170. The third-order valence-corrected chi connectivity index (χ3v) is 16.7. The molecule has 0 radical (unpaired) electrons. The number of aliphatic hydroxyl groups is 1. The Labute approximate surface area is 507 Å². The molecule has 0 unspecified atom stereocenters. The molecule has 0 aromatic heterocycles. The van der Waals surface area contributed by atoms with Crippen molar-refractivity contribution in [2.24, 2.45) is 41.4 Å². The van der Waals surface area contributed by atoms with Crippen LogP contribution < -0.4 is 21.3 Å². The van der Waals surface area contributed by atoms with Gasteiger partial charge in [-0.15, -0.1) is 0 Å². The van der Waals surface area contributed by atoms with Crippen molar-refractivity contribution in [1.29, 1.82) is 0 Å². The highest BCUT2D eigenvalue weighted by atomic mass is 16.5. The van der Waals surface area contributed by atoms with Gasteiger partial charge in [0.15, 0.2) is 0 Å². The van der Waals surface area contributed by atoms with Crippen molar-refractivity contribution >= 4 is 65.0 Å². The number of hydrogen-bond donors (Lipinski definition) is 5. The molecule has 2 aliphatic heterocycles. The van der Waals surface area contributed by atoms with Crippen LogP contribution in [-0.4, -0.2) is 239 Å². The number of aliphatic hydroxyl groups excluding tert-OH is 1. The molecule has 85 heavy (non-hydrogen) atoms. The number of nitrogens with zero attached hydrogens (tertiary/aromatic N) is 7. The van der Waals surface area contributed by atoms with Crippen LogP contribution >= 0.6 is 0 Å². The quantitative estimate of drug-likeness (QED) is 0.187. The van der Waals surface area contributed by atoms with Gasteiger partial charge in [-0.25, -0.2) is 0 Å². The zero-order valence-electron chi connectivity index (χ0n) is 55.8. The Morgan fingerprint density at radius 2 is 0.800 bits per heavy atom. The van der Waals surface area contributed by atoms with E-state index in [-0.39, 0.29) is 61.9 Å². The minimum Gasteiger partial charge on any atom is -0.391 e. The lowest BCUT2D eigenvalue weighted by atomic mass is 9.93. The van der Waals surface area contributed by atoms with E-state index in [1.54, 1.807) is 27.7 Å². The molecule has 14 atom stereocenters. The Morgan fingerprint density at radius 3 is 1.22 bits per heavy atom. The SMILES string of the molecule is CC(C)C[C@H]1C(=O)N[C@@H](C)C(=O)N[C@H](C)C(=O)N(C)[C@@H](CC(C)C)C(=O)N(C)[C@@H](CC(C)C)C(=O)N(C)[C@@H](C(C)C)C(=O)N(C)[C@@H]([C@@H]2OCC[C@H]2C)C(=O)N[C@@H]([C@@H](C)O)C(=O)N(C)[C@H](C)C(=O)N(C)[C@@H](CC(C)C)C(=O)N[C@@H](C(C)C)C(=O)N1C. The zero-order chi connectivity index (χ0) is 65.7. The van der Waals surface area contributed by atoms with Crippen molar-refractivity contribution in [2.75, 3.05) is 55.9 Å². The first-order valence-corrected chi connectivity index (χ1v) is 30.5. The summed E-state index contributed by atoms with van der Waals surface area (Å²) in [5, 5.41) is 22.2. The maximum absolute atomic E-state index is 15.2. The van der Waals surface area contributed by atoms with Gasteiger partial charge in [0.25, 0.3) is 0 Å². The fraction of sp³-hybridized carbons (Fsp3) is 0.820. The molecule has 5 N–H and O–H groups in total. The van der Waals surface area contributed by atoms with Crippen molar-refractivity contribution < 1.29 is 62.6 Å². The molecule has 2 fully saturated rings. The van der Waals surface area contributed by atoms with Crippen LogP contribution in [0.15, 0.2) is 0 Å². The third-order valence-electron chi connectivity index (χ3n) is 16.7. The largest absolute Gasteiger partial charge is 0.391 e. The molecule has 0 aromatic carbocycles. The lowest BCUT2D eigenvalue weighted by Gasteiger charge is -2.41. The highest BCUT2D eigenvalue weighted by Gasteiger charge is 2.48. The monoisotopic (exact) mass is 1200 g/mol. The normalized spacial score (nSPS) is 30.0. The first-order chi connectivity index (χ1) is 39.1. The van der Waals surface area contributed by atoms with Gasteiger partial charge >= 0.3 is 0 Å². The van der Waals surface area contributed by atoms with E-state index in [9.17, 15) is 48.3 Å². The molecule has 24 nitrogen and oxygen atoms in total. The molecular formula is C61H109N11O13. The predicted molar refractivity (Wildman–Crippen MR) is 323 cm³/mol. The van der Waals surface area contributed by atoms with Gasteiger partial charge in [-0.05, 0) is 101 Å². The van der Waals surface area contributed by atoms with E-state index in [0.717, 1.165) is 4.90 Å². The molecule has 2 rings (SSSR count). The van der Waals surface area contributed by atoms with Crippen LogP contribution in [0.3, 0.4) is 0 Å². The Bertz CT molecular complexity index is 2350. The molecule has 0 aliphatic carbocycles. The Morgan fingerprint density at radius 1 is 0.412 bits per heavy atom. The first-order valence-electron chi connectivity index (χ1n) is 30.5. The van der Waals surface area contributed by atoms with Gasteiger partial charge in [-0.3, -0.25) is 52.7 Å². The van der Waals surface area contributed by atoms with Crippen LogP contribution in [0.1, 0.15) is 150 Å². The summed E-state index contributed by atoms with van der Waals surface area (Å²) in [5.74, 6) is -9.59. The number of hydrogen-bond acceptors (Lipinski definition) is 13. The van der Waals surface area contributed by atoms with E-state index < -0.39 is 155 Å². The summed E-state index contributed by atoms with van der Waals surface area (Å²) in [7, 11) is 9.92. The number of likely N-dealkylation sites (N-methyl/N-ethyl adjacent to an activating group) is 7. The molecule has 486 valence electrons. The number of carbonyl (C=O) groups excluding carboxylic acids is 11. The topological polar surface area (TPSA) is 288 Å². The average molecular weight is 1200 g/mol. The predicted octanol–water partition coefficient (Wildman–Crippen LogP) is 2.09. The molecule has 11 amide bonds. The van der Waals surface area contributed by atoms with Crippen molar-refractivity contribution in [3.8, 4) is 0 Å². The van der Waals surface area contributed by atoms with Crippen molar-refractivity contribution in [3.05, 3.63) is 0 Å². The van der Waals surface area contributed by atoms with Crippen LogP contribution in [0, 0.1) is 41.4 Å². The fourth-order valence-electron chi connectivity index (χ4n) is 11.2. The molecule has 0 aromatic rings. The molecule has 24 heteroatoms. The summed E-state index contributed by atoms with van der Waals surface area (Å²) >= 11 is 0. The second-order valence-electron chi connectivity index (χ2n) is 26.6. The number of carbonyl (C=O) groups is 11. The van der Waals surface area contributed by atoms with E-state index in [4.69, 9.17) is 4.74 Å². The Kier molecular flexibility index (Phi) is 28.9. The number of rotatable bonds is 12. The molecular weight excluding hydrogens is 1090 g/mol. The maximum atomic E-state index is 15.2. The lowest BCUT2D eigenvalue weighted by Crippen LogP contribution is -2.64. The van der Waals surface area contributed by atoms with Gasteiger partial charge in [0.1, 0.15) is 66.5 Å². The van der Waals surface area contributed by atoms with Gasteiger partial charge in [0.2, 0.25) is 65.0 Å². The van der Waals surface area contributed by atoms with Gasteiger partial charge in [-0.2, -0.15) is 0 Å². The van der Waals surface area contributed by atoms with Crippen molar-refractivity contribution in [3.63, 3.8) is 0 Å². The fourth-order valence-corrected chi connectivity index (χ4v) is 11.2. The summed E-state index contributed by atoms with van der Waals surface area (Å²) in [6.07, 6.45) is -1.33. The van der Waals surface area contributed by atoms with Gasteiger partial charge in [0, 0.05) is 55.9 Å².